The van der Waals surface area contributed by atoms with Crippen LogP contribution < -0.4 is 5.56 Å². The second-order valence-electron chi connectivity index (χ2n) is 5.46. The molecule has 0 aliphatic carbocycles. The van der Waals surface area contributed by atoms with Gasteiger partial charge in [0.05, 0.1) is 11.6 Å². The van der Waals surface area contributed by atoms with Gasteiger partial charge in [0, 0.05) is 11.6 Å². The van der Waals surface area contributed by atoms with Crippen LogP contribution >= 0.6 is 12.2 Å². The molecule has 0 unspecified atom stereocenters. The molecular weight excluding hydrogens is 336 g/mol. The molecule has 0 saturated heterocycles. The predicted molar refractivity (Wildman–Crippen MR) is 88.8 cm³/mol. The zero-order chi connectivity index (χ0) is 17.4. The van der Waals surface area contributed by atoms with E-state index in [0.29, 0.717) is 12.2 Å². The minimum Gasteiger partial charge on any atom is -0.463 e. The van der Waals surface area contributed by atoms with Gasteiger partial charge in [-0.25, -0.2) is 13.8 Å². The number of furan rings is 1. The Balaban J connectivity index is 2.49. The van der Waals surface area contributed by atoms with Gasteiger partial charge in [0.1, 0.15) is 11.3 Å². The quantitative estimate of drug-likeness (QED) is 0.697. The molecule has 0 aliphatic heterocycles. The maximum atomic E-state index is 13.6. The Hall–Kier alpha value is -2.35. The van der Waals surface area contributed by atoms with Crippen LogP contribution in [0.15, 0.2) is 33.7 Å². The number of halogens is 2. The summed E-state index contributed by atoms with van der Waals surface area (Å²) < 4.78 is 34.2. The Kier molecular flexibility index (Phi) is 4.31. The minimum absolute atomic E-state index is 0.110. The Morgan fingerprint density at radius 1 is 1.46 bits per heavy atom. The number of alkyl halides is 2. The molecular formula is C16H15F2N3O2S. The lowest BCUT2D eigenvalue weighted by Gasteiger charge is -2.18. The molecule has 3 rings (SSSR count). The predicted octanol–water partition coefficient (Wildman–Crippen LogP) is 4.62. The molecule has 0 saturated carbocycles. The number of H-pyrrole nitrogens is 1. The monoisotopic (exact) mass is 351 g/mol. The Morgan fingerprint density at radius 3 is 2.79 bits per heavy atom. The molecule has 24 heavy (non-hydrogen) atoms. The topological polar surface area (TPSA) is 63.8 Å². The van der Waals surface area contributed by atoms with Crippen molar-refractivity contribution in [1.82, 2.24) is 14.5 Å². The van der Waals surface area contributed by atoms with Gasteiger partial charge in [-0.1, -0.05) is 6.92 Å². The second-order valence-corrected chi connectivity index (χ2v) is 5.85. The third kappa shape index (κ3) is 2.66. The smallest absolute Gasteiger partial charge is 0.264 e. The second kappa shape index (κ2) is 6.27. The van der Waals surface area contributed by atoms with Crippen LogP contribution in [0.25, 0.3) is 22.5 Å². The first-order valence-electron chi connectivity index (χ1n) is 7.45. The van der Waals surface area contributed by atoms with E-state index in [4.69, 9.17) is 16.6 Å². The van der Waals surface area contributed by atoms with Crippen molar-refractivity contribution < 1.29 is 13.2 Å². The van der Waals surface area contributed by atoms with Gasteiger partial charge in [0.15, 0.2) is 10.5 Å². The van der Waals surface area contributed by atoms with Gasteiger partial charge in [-0.05, 0) is 43.8 Å². The highest BCUT2D eigenvalue weighted by molar-refractivity contribution is 7.71. The molecule has 0 aliphatic rings. The number of aromatic amines is 1. The van der Waals surface area contributed by atoms with E-state index in [1.165, 1.54) is 12.3 Å². The van der Waals surface area contributed by atoms with Crippen LogP contribution in [0.5, 0.6) is 0 Å². The highest BCUT2D eigenvalue weighted by Crippen LogP contribution is 2.30. The van der Waals surface area contributed by atoms with E-state index in [2.05, 4.69) is 9.97 Å². The molecule has 5 nitrogen and oxygen atoms in total. The molecule has 126 valence electrons. The normalized spacial score (nSPS) is 12.9. The van der Waals surface area contributed by atoms with Gasteiger partial charge < -0.3 is 4.42 Å². The summed E-state index contributed by atoms with van der Waals surface area (Å²) in [5.74, 6) is 0.348. The number of rotatable bonds is 4. The molecule has 0 bridgehead atoms. The van der Waals surface area contributed by atoms with Gasteiger partial charge in [-0.15, -0.1) is 0 Å². The van der Waals surface area contributed by atoms with Crippen molar-refractivity contribution in [2.24, 2.45) is 0 Å². The summed E-state index contributed by atoms with van der Waals surface area (Å²) in [5, 5.41) is -0.144. The summed E-state index contributed by atoms with van der Waals surface area (Å²) in [6, 6.07) is 4.34. The number of hydrogen-bond acceptors (Lipinski definition) is 4. The lowest BCUT2D eigenvalue weighted by molar-refractivity contribution is 0.153. The van der Waals surface area contributed by atoms with Crippen LogP contribution in [0.1, 0.15) is 38.3 Å². The van der Waals surface area contributed by atoms with Crippen molar-refractivity contribution in [1.29, 1.82) is 0 Å². The molecule has 0 aromatic carbocycles. The fourth-order valence-corrected chi connectivity index (χ4v) is 2.95. The maximum absolute atomic E-state index is 13.6. The minimum atomic E-state index is -2.83. The average Bonchev–Trinajstić information content (AvgIpc) is 3.07. The maximum Gasteiger partial charge on any atom is 0.264 e. The summed E-state index contributed by atoms with van der Waals surface area (Å²) in [6.07, 6.45) is -0.694. The van der Waals surface area contributed by atoms with Crippen molar-refractivity contribution in [3.05, 3.63) is 45.2 Å². The van der Waals surface area contributed by atoms with Crippen LogP contribution in [0.4, 0.5) is 8.78 Å². The van der Waals surface area contributed by atoms with Gasteiger partial charge in [-0.3, -0.25) is 14.3 Å². The van der Waals surface area contributed by atoms with Crippen LogP contribution in [0, 0.1) is 4.77 Å². The van der Waals surface area contributed by atoms with Crippen molar-refractivity contribution in [2.45, 2.75) is 32.7 Å². The van der Waals surface area contributed by atoms with Crippen LogP contribution in [-0.2, 0) is 0 Å². The largest absolute Gasteiger partial charge is 0.463 e. The van der Waals surface area contributed by atoms with Gasteiger partial charge >= 0.3 is 0 Å². The lowest BCUT2D eigenvalue weighted by atomic mass is 10.1. The Morgan fingerprint density at radius 2 is 2.21 bits per heavy atom. The molecule has 8 heteroatoms. The van der Waals surface area contributed by atoms with E-state index in [-0.39, 0.29) is 33.1 Å². The van der Waals surface area contributed by atoms with Crippen LogP contribution in [0.2, 0.25) is 0 Å². The third-order valence-corrected chi connectivity index (χ3v) is 4.26. The first-order chi connectivity index (χ1) is 11.4. The third-order valence-electron chi connectivity index (χ3n) is 3.97. The Labute approximate surface area is 141 Å². The molecule has 1 N–H and O–H groups in total. The van der Waals surface area contributed by atoms with E-state index >= 15 is 0 Å². The van der Waals surface area contributed by atoms with Crippen molar-refractivity contribution in [3.63, 3.8) is 0 Å². The molecule has 0 spiro atoms. The van der Waals surface area contributed by atoms with Gasteiger partial charge in [0.25, 0.3) is 12.0 Å². The SMILES string of the molecule is CC[C@@H](C)n1c(=S)[nH]c(=O)c2c(C(F)F)cc(-c3ccco3)nc21. The van der Waals surface area contributed by atoms with E-state index in [1.807, 2.05) is 13.8 Å². The molecule has 3 aromatic heterocycles. The van der Waals surface area contributed by atoms with Crippen molar-refractivity contribution in [2.75, 3.05) is 0 Å². The van der Waals surface area contributed by atoms with E-state index < -0.39 is 12.0 Å². The zero-order valence-corrected chi connectivity index (χ0v) is 13.9. The van der Waals surface area contributed by atoms with Crippen LogP contribution in [0.3, 0.4) is 0 Å². The number of hydrogen-bond donors (Lipinski definition) is 1. The molecule has 0 fully saturated rings. The van der Waals surface area contributed by atoms with Gasteiger partial charge in [-0.2, -0.15) is 0 Å². The number of pyridine rings is 1. The van der Waals surface area contributed by atoms with E-state index in [0.717, 1.165) is 0 Å². The highest BCUT2D eigenvalue weighted by Gasteiger charge is 2.22. The molecule has 3 aromatic rings. The summed E-state index contributed by atoms with van der Waals surface area (Å²) >= 11 is 5.22. The van der Waals surface area contributed by atoms with Gasteiger partial charge in [0.2, 0.25) is 0 Å². The average molecular weight is 351 g/mol. The first kappa shape index (κ1) is 16.5. The number of aromatic nitrogens is 3. The lowest BCUT2D eigenvalue weighted by Crippen LogP contribution is -2.19. The first-order valence-corrected chi connectivity index (χ1v) is 7.86. The van der Waals surface area contributed by atoms with E-state index in [9.17, 15) is 13.6 Å². The molecule has 0 radical (unpaired) electrons. The van der Waals surface area contributed by atoms with Crippen LogP contribution in [-0.4, -0.2) is 14.5 Å². The zero-order valence-electron chi connectivity index (χ0n) is 13.0. The fraction of sp³-hybridized carbons (Fsp3) is 0.312. The summed E-state index contributed by atoms with van der Waals surface area (Å²) in [4.78, 5) is 19.1. The fourth-order valence-electron chi connectivity index (χ4n) is 2.59. The molecule has 3 heterocycles. The highest BCUT2D eigenvalue weighted by atomic mass is 32.1. The Bertz CT molecular complexity index is 993. The number of fused-ring (bicyclic) bond motifs is 1. The summed E-state index contributed by atoms with van der Waals surface area (Å²) in [7, 11) is 0. The standard InChI is InChI=1S/C16H15F2N3O2S/c1-3-8(2)21-14-12(15(22)20-16(21)24)9(13(17)18)7-10(19-14)11-5-4-6-23-11/h4-8,13H,3H2,1-2H3,(H,20,22,24)/t8-/m1/s1. The number of nitrogens with one attached hydrogen (secondary N) is 1. The molecule has 1 atom stereocenters. The summed E-state index contributed by atoms with van der Waals surface area (Å²) in [5.41, 5.74) is -0.676. The van der Waals surface area contributed by atoms with Crippen molar-refractivity contribution >= 4 is 23.3 Å². The van der Waals surface area contributed by atoms with E-state index in [1.54, 1.807) is 16.7 Å². The summed E-state index contributed by atoms with van der Waals surface area (Å²) in [6.45, 7) is 3.82. The molecule has 0 amide bonds. The number of nitrogens with zero attached hydrogens (tertiary/aromatic N) is 2. The van der Waals surface area contributed by atoms with Crippen molar-refractivity contribution in [3.8, 4) is 11.5 Å².